The van der Waals surface area contributed by atoms with Crippen molar-refractivity contribution in [3.8, 4) is 11.5 Å². The van der Waals surface area contributed by atoms with Crippen LogP contribution in [-0.4, -0.2) is 21.2 Å². The second-order valence-electron chi connectivity index (χ2n) is 5.29. The maximum atomic E-state index is 5.82. The number of hydrogen-bond donors (Lipinski definition) is 2. The van der Waals surface area contributed by atoms with Gasteiger partial charge in [0.15, 0.2) is 5.82 Å². The summed E-state index contributed by atoms with van der Waals surface area (Å²) in [5, 5.41) is 7.32. The minimum atomic E-state index is 0.459. The van der Waals surface area contributed by atoms with Crippen LogP contribution in [0.15, 0.2) is 16.8 Å². The van der Waals surface area contributed by atoms with E-state index < -0.39 is 0 Å². The Kier molecular flexibility index (Phi) is 3.54. The molecule has 20 heavy (non-hydrogen) atoms. The van der Waals surface area contributed by atoms with Crippen LogP contribution in [-0.2, 0) is 0 Å². The molecular formula is C14H19N5O. The molecule has 0 spiro atoms. The van der Waals surface area contributed by atoms with Crippen molar-refractivity contribution in [3.05, 3.63) is 18.1 Å². The van der Waals surface area contributed by atoms with Gasteiger partial charge in [0.25, 0.3) is 5.89 Å². The van der Waals surface area contributed by atoms with Crippen LogP contribution in [0.4, 0.5) is 11.5 Å². The van der Waals surface area contributed by atoms with E-state index in [1.807, 2.05) is 6.07 Å². The first-order valence-corrected chi connectivity index (χ1v) is 7.05. The van der Waals surface area contributed by atoms with Gasteiger partial charge in [-0.05, 0) is 25.8 Å². The molecule has 0 atom stereocenters. The maximum absolute atomic E-state index is 5.82. The van der Waals surface area contributed by atoms with Crippen molar-refractivity contribution >= 4 is 11.5 Å². The molecule has 0 radical (unpaired) electrons. The van der Waals surface area contributed by atoms with Crippen LogP contribution in [0, 0.1) is 6.92 Å². The van der Waals surface area contributed by atoms with Gasteiger partial charge in [-0.25, -0.2) is 4.98 Å². The highest BCUT2D eigenvalue weighted by atomic mass is 16.5. The SMILES string of the molecule is Cc1noc(-c2cc(N)cnc2NC2CCCCC2)n1. The number of aromatic nitrogens is 3. The molecular weight excluding hydrogens is 254 g/mol. The average molecular weight is 273 g/mol. The normalized spacial score (nSPS) is 16.2. The lowest BCUT2D eigenvalue weighted by Crippen LogP contribution is -2.23. The highest BCUT2D eigenvalue weighted by Gasteiger charge is 2.18. The maximum Gasteiger partial charge on any atom is 0.261 e. The van der Waals surface area contributed by atoms with E-state index in [9.17, 15) is 0 Å². The fraction of sp³-hybridized carbons (Fsp3) is 0.500. The van der Waals surface area contributed by atoms with Gasteiger partial charge < -0.3 is 15.6 Å². The third-order valence-electron chi connectivity index (χ3n) is 3.61. The van der Waals surface area contributed by atoms with Crippen molar-refractivity contribution in [1.29, 1.82) is 0 Å². The van der Waals surface area contributed by atoms with Gasteiger partial charge in [-0.3, -0.25) is 0 Å². The fourth-order valence-corrected chi connectivity index (χ4v) is 2.61. The quantitative estimate of drug-likeness (QED) is 0.893. The van der Waals surface area contributed by atoms with Gasteiger partial charge in [-0.2, -0.15) is 4.98 Å². The molecule has 6 heteroatoms. The van der Waals surface area contributed by atoms with Gasteiger partial charge in [0.2, 0.25) is 0 Å². The molecule has 0 amide bonds. The molecule has 1 aliphatic rings. The summed E-state index contributed by atoms with van der Waals surface area (Å²) in [7, 11) is 0. The Labute approximate surface area is 117 Å². The first-order valence-electron chi connectivity index (χ1n) is 7.05. The third kappa shape index (κ3) is 2.74. The second-order valence-corrected chi connectivity index (χ2v) is 5.29. The van der Waals surface area contributed by atoms with Crippen molar-refractivity contribution in [2.45, 2.75) is 45.1 Å². The lowest BCUT2D eigenvalue weighted by atomic mass is 9.95. The van der Waals surface area contributed by atoms with Gasteiger partial charge in [0, 0.05) is 6.04 Å². The Morgan fingerprint density at radius 1 is 1.30 bits per heavy atom. The molecule has 0 aliphatic heterocycles. The van der Waals surface area contributed by atoms with Crippen LogP contribution in [0.5, 0.6) is 0 Å². The van der Waals surface area contributed by atoms with E-state index in [0.29, 0.717) is 23.4 Å². The highest BCUT2D eigenvalue weighted by molar-refractivity contribution is 5.72. The van der Waals surface area contributed by atoms with E-state index in [0.717, 1.165) is 11.4 Å². The standard InChI is InChI=1S/C14H19N5O/c1-9-17-14(20-19-9)12-7-10(15)8-16-13(12)18-11-5-3-2-4-6-11/h7-8,11H,2-6,15H2,1H3,(H,16,18). The molecule has 6 nitrogen and oxygen atoms in total. The number of rotatable bonds is 3. The van der Waals surface area contributed by atoms with Crippen LogP contribution >= 0.6 is 0 Å². The smallest absolute Gasteiger partial charge is 0.261 e. The van der Waals surface area contributed by atoms with Crippen LogP contribution < -0.4 is 11.1 Å². The van der Waals surface area contributed by atoms with E-state index in [1.54, 1.807) is 13.1 Å². The summed E-state index contributed by atoms with van der Waals surface area (Å²) < 4.78 is 5.24. The second kappa shape index (κ2) is 5.48. The van der Waals surface area contributed by atoms with Crippen molar-refractivity contribution in [1.82, 2.24) is 15.1 Å². The summed E-state index contributed by atoms with van der Waals surface area (Å²) >= 11 is 0. The number of aryl methyl sites for hydroxylation is 1. The molecule has 0 saturated heterocycles. The first kappa shape index (κ1) is 12.9. The minimum Gasteiger partial charge on any atom is -0.397 e. The van der Waals surface area contributed by atoms with E-state index in [-0.39, 0.29) is 0 Å². The Balaban J connectivity index is 1.89. The first-order chi connectivity index (χ1) is 9.72. The van der Waals surface area contributed by atoms with Crippen molar-refractivity contribution in [2.24, 2.45) is 0 Å². The minimum absolute atomic E-state index is 0.459. The monoisotopic (exact) mass is 273 g/mol. The zero-order chi connectivity index (χ0) is 13.9. The molecule has 0 bridgehead atoms. The summed E-state index contributed by atoms with van der Waals surface area (Å²) in [5.41, 5.74) is 7.19. The molecule has 1 aliphatic carbocycles. The molecule has 3 N–H and O–H groups in total. The molecule has 106 valence electrons. The third-order valence-corrected chi connectivity index (χ3v) is 3.61. The predicted octanol–water partition coefficient (Wildman–Crippen LogP) is 2.77. The zero-order valence-corrected chi connectivity index (χ0v) is 11.6. The van der Waals surface area contributed by atoms with Gasteiger partial charge in [-0.1, -0.05) is 24.4 Å². The number of nitrogens with one attached hydrogen (secondary N) is 1. The topological polar surface area (TPSA) is 89.9 Å². The Hall–Kier alpha value is -2.11. The molecule has 0 aromatic carbocycles. The van der Waals surface area contributed by atoms with Crippen LogP contribution in [0.2, 0.25) is 0 Å². The highest BCUT2D eigenvalue weighted by Crippen LogP contribution is 2.29. The summed E-state index contributed by atoms with van der Waals surface area (Å²) in [4.78, 5) is 8.66. The zero-order valence-electron chi connectivity index (χ0n) is 11.6. The molecule has 2 aromatic rings. The molecule has 2 aromatic heterocycles. The predicted molar refractivity (Wildman–Crippen MR) is 77.2 cm³/mol. The number of nitrogens with two attached hydrogens (primary N) is 1. The van der Waals surface area contributed by atoms with E-state index >= 15 is 0 Å². The summed E-state index contributed by atoms with van der Waals surface area (Å²) in [6.07, 6.45) is 7.85. The largest absolute Gasteiger partial charge is 0.397 e. The summed E-state index contributed by atoms with van der Waals surface area (Å²) in [6, 6.07) is 2.29. The van der Waals surface area contributed by atoms with E-state index in [2.05, 4.69) is 20.4 Å². The van der Waals surface area contributed by atoms with Gasteiger partial charge in [0.1, 0.15) is 5.82 Å². The van der Waals surface area contributed by atoms with Crippen LogP contribution in [0.1, 0.15) is 37.9 Å². The average Bonchev–Trinajstić information content (AvgIpc) is 2.88. The van der Waals surface area contributed by atoms with Crippen LogP contribution in [0.25, 0.3) is 11.5 Å². The van der Waals surface area contributed by atoms with Gasteiger partial charge >= 0.3 is 0 Å². The molecule has 2 heterocycles. The summed E-state index contributed by atoms with van der Waals surface area (Å²) in [5.74, 6) is 1.83. The van der Waals surface area contributed by atoms with Crippen LogP contribution in [0.3, 0.4) is 0 Å². The molecule has 3 rings (SSSR count). The molecule has 0 unspecified atom stereocenters. The van der Waals surface area contributed by atoms with Crippen molar-refractivity contribution < 1.29 is 4.52 Å². The van der Waals surface area contributed by atoms with Gasteiger partial charge in [-0.15, -0.1) is 0 Å². The van der Waals surface area contributed by atoms with E-state index in [4.69, 9.17) is 10.3 Å². The number of pyridine rings is 1. The fourth-order valence-electron chi connectivity index (χ4n) is 2.61. The lowest BCUT2D eigenvalue weighted by molar-refractivity contribution is 0.425. The molecule has 1 fully saturated rings. The number of anilines is 2. The van der Waals surface area contributed by atoms with Crippen molar-refractivity contribution in [2.75, 3.05) is 11.1 Å². The Morgan fingerprint density at radius 3 is 2.80 bits per heavy atom. The Bertz CT molecular complexity index is 589. The lowest BCUT2D eigenvalue weighted by Gasteiger charge is -2.24. The number of hydrogen-bond acceptors (Lipinski definition) is 6. The van der Waals surface area contributed by atoms with E-state index in [1.165, 1.54) is 32.1 Å². The number of nitrogen functional groups attached to an aromatic ring is 1. The summed E-state index contributed by atoms with van der Waals surface area (Å²) in [6.45, 7) is 1.79. The van der Waals surface area contributed by atoms with Crippen molar-refractivity contribution in [3.63, 3.8) is 0 Å². The van der Waals surface area contributed by atoms with Gasteiger partial charge in [0.05, 0.1) is 17.4 Å². The Morgan fingerprint density at radius 2 is 2.10 bits per heavy atom. The number of nitrogens with zero attached hydrogens (tertiary/aromatic N) is 3. The molecule has 1 saturated carbocycles.